The Balaban J connectivity index is 2.18. The van der Waals surface area contributed by atoms with Gasteiger partial charge in [0.25, 0.3) is 0 Å². The molecule has 0 atom stereocenters. The average Bonchev–Trinajstić information content (AvgIpc) is 1.86. The Morgan fingerprint density at radius 3 is 2.83 bits per heavy atom. The molecule has 1 rings (SSSR count). The molecule has 0 saturated carbocycles. The van der Waals surface area contributed by atoms with Gasteiger partial charge in [0.1, 0.15) is 0 Å². The molecule has 1 heterocycles. The highest BCUT2D eigenvalue weighted by atomic mass is 32.2. The molecular weight excluding hydrogens is 116 g/mol. The third-order valence-electron chi connectivity index (χ3n) is 0.563. The molecule has 1 aliphatic rings. The predicted octanol–water partition coefficient (Wildman–Crippen LogP) is 0.300. The first-order chi connectivity index (χ1) is 2.89. The summed E-state index contributed by atoms with van der Waals surface area (Å²) in [6.07, 6.45) is 0. The lowest BCUT2D eigenvalue weighted by Crippen LogP contribution is -2.15. The Bertz CT molecular complexity index is 42.8. The van der Waals surface area contributed by atoms with Crippen molar-refractivity contribution in [3.8, 4) is 0 Å². The van der Waals surface area contributed by atoms with E-state index >= 15 is 0 Å². The lowest BCUT2D eigenvalue weighted by molar-refractivity contribution is 0.598. The van der Waals surface area contributed by atoms with Crippen molar-refractivity contribution in [2.24, 2.45) is 0 Å². The monoisotopic (exact) mass is 122 g/mol. The maximum atomic E-state index is 3.98. The Labute approximate surface area is 46.9 Å². The van der Waals surface area contributed by atoms with E-state index in [0.29, 0.717) is 0 Å². The van der Waals surface area contributed by atoms with E-state index in [0.717, 1.165) is 12.3 Å². The van der Waals surface area contributed by atoms with Gasteiger partial charge in [0.05, 0.1) is 0 Å². The molecule has 0 radical (unpaired) electrons. The van der Waals surface area contributed by atoms with E-state index in [9.17, 15) is 0 Å². The van der Waals surface area contributed by atoms with Crippen molar-refractivity contribution in [1.29, 1.82) is 0 Å². The molecule has 0 spiro atoms. The smallest absolute Gasteiger partial charge is 0.0243 e. The highest BCUT2D eigenvalue weighted by Gasteiger charge is 2.04. The highest BCUT2D eigenvalue weighted by molar-refractivity contribution is 8.05. The van der Waals surface area contributed by atoms with Crippen LogP contribution in [-0.2, 0) is 0 Å². The van der Waals surface area contributed by atoms with E-state index in [-0.39, 0.29) is 0 Å². The van der Waals surface area contributed by atoms with Gasteiger partial charge in [-0.15, -0.1) is 3.82 Å². The molecule has 0 aromatic heterocycles. The second-order valence-electron chi connectivity index (χ2n) is 1.01. The zero-order valence-corrected chi connectivity index (χ0v) is 4.93. The summed E-state index contributed by atoms with van der Waals surface area (Å²) in [5.41, 5.74) is 2.98. The maximum Gasteiger partial charge on any atom is 0.0243 e. The molecule has 1 N–H and O–H groups in total. The second-order valence-corrected chi connectivity index (χ2v) is 2.72. The van der Waals surface area contributed by atoms with Gasteiger partial charge in [0, 0.05) is 12.3 Å². The summed E-state index contributed by atoms with van der Waals surface area (Å²) in [6.45, 7) is 1.05. The number of nitrogens with one attached hydrogen (secondary N) is 1. The van der Waals surface area contributed by atoms with Gasteiger partial charge in [-0.1, -0.05) is 12.8 Å². The van der Waals surface area contributed by atoms with Crippen molar-refractivity contribution < 1.29 is 0 Å². The largest absolute Gasteiger partial charge is 0.235 e. The van der Waals surface area contributed by atoms with Gasteiger partial charge in [0.2, 0.25) is 0 Å². The summed E-state index contributed by atoms with van der Waals surface area (Å²) in [5, 5.41) is 0. The third kappa shape index (κ3) is 1.04. The van der Waals surface area contributed by atoms with Crippen LogP contribution in [0.5, 0.6) is 0 Å². The minimum atomic E-state index is 1.05. The van der Waals surface area contributed by atoms with Gasteiger partial charge in [-0.05, 0) is 11.9 Å². The summed E-state index contributed by atoms with van der Waals surface area (Å²) < 4.78 is 1.72. The predicted molar refractivity (Wildman–Crippen MR) is 31.3 cm³/mol. The van der Waals surface area contributed by atoms with Gasteiger partial charge in [-0.25, -0.2) is 5.43 Å². The fourth-order valence-corrected chi connectivity index (χ4v) is 1.20. The maximum absolute atomic E-state index is 3.98. The van der Waals surface area contributed by atoms with E-state index < -0.39 is 0 Å². The van der Waals surface area contributed by atoms with Crippen LogP contribution in [0, 0.1) is 0 Å². The van der Waals surface area contributed by atoms with Crippen LogP contribution in [0.2, 0.25) is 0 Å². The molecule has 1 aliphatic heterocycles. The van der Waals surface area contributed by atoms with Gasteiger partial charge in [-0.3, -0.25) is 0 Å². The fourth-order valence-electron chi connectivity index (χ4n) is 0.319. The first kappa shape index (κ1) is 4.77. The quantitative estimate of drug-likeness (QED) is 0.355. The zero-order valence-electron chi connectivity index (χ0n) is 3.22. The number of hydrogen-bond donors (Lipinski definition) is 2. The molecular formula is C2H6N2S2. The first-order valence-corrected chi connectivity index (χ1v) is 3.09. The van der Waals surface area contributed by atoms with Crippen molar-refractivity contribution >= 4 is 24.8 Å². The SMILES string of the molecule is SN1NCCS1. The summed E-state index contributed by atoms with van der Waals surface area (Å²) in [4.78, 5) is 0. The molecule has 1 saturated heterocycles. The van der Waals surface area contributed by atoms with Crippen molar-refractivity contribution in [3.63, 3.8) is 0 Å². The molecule has 0 bridgehead atoms. The Kier molecular flexibility index (Phi) is 1.64. The number of hydrazine groups is 1. The molecule has 6 heavy (non-hydrogen) atoms. The minimum absolute atomic E-state index is 1.05. The van der Waals surface area contributed by atoms with E-state index in [4.69, 9.17) is 0 Å². The van der Waals surface area contributed by atoms with Crippen LogP contribution in [-0.4, -0.2) is 16.1 Å². The van der Waals surface area contributed by atoms with Crippen molar-refractivity contribution in [2.45, 2.75) is 0 Å². The molecule has 0 aliphatic carbocycles. The Hall–Kier alpha value is 0.620. The van der Waals surface area contributed by atoms with Crippen LogP contribution in [0.3, 0.4) is 0 Å². The van der Waals surface area contributed by atoms with Gasteiger partial charge < -0.3 is 0 Å². The van der Waals surface area contributed by atoms with E-state index in [2.05, 4.69) is 18.2 Å². The second kappa shape index (κ2) is 2.07. The molecule has 36 valence electrons. The molecule has 0 aromatic carbocycles. The van der Waals surface area contributed by atoms with Crippen molar-refractivity contribution in [1.82, 2.24) is 9.25 Å². The Morgan fingerprint density at radius 2 is 2.67 bits per heavy atom. The summed E-state index contributed by atoms with van der Waals surface area (Å²) in [5.74, 6) is 1.14. The summed E-state index contributed by atoms with van der Waals surface area (Å²) in [6, 6.07) is 0. The van der Waals surface area contributed by atoms with Crippen LogP contribution in [0.15, 0.2) is 0 Å². The summed E-state index contributed by atoms with van der Waals surface area (Å²) in [7, 11) is 0. The topological polar surface area (TPSA) is 15.3 Å². The van der Waals surface area contributed by atoms with Crippen LogP contribution < -0.4 is 5.43 Å². The number of nitrogens with zero attached hydrogens (tertiary/aromatic N) is 1. The molecule has 2 nitrogen and oxygen atoms in total. The molecule has 0 unspecified atom stereocenters. The third-order valence-corrected chi connectivity index (χ3v) is 1.81. The van der Waals surface area contributed by atoms with Crippen LogP contribution >= 0.6 is 24.8 Å². The van der Waals surface area contributed by atoms with E-state index in [1.807, 2.05) is 0 Å². The molecule has 4 heteroatoms. The van der Waals surface area contributed by atoms with Crippen molar-refractivity contribution in [2.75, 3.05) is 12.3 Å². The van der Waals surface area contributed by atoms with Gasteiger partial charge in [0.15, 0.2) is 0 Å². The molecule has 0 amide bonds. The fraction of sp³-hybridized carbons (Fsp3) is 1.00. The van der Waals surface area contributed by atoms with Gasteiger partial charge in [-0.2, -0.15) is 0 Å². The average molecular weight is 122 g/mol. The highest BCUT2D eigenvalue weighted by Crippen LogP contribution is 2.12. The lowest BCUT2D eigenvalue weighted by atomic mass is 10.8. The first-order valence-electron chi connectivity index (χ1n) is 1.75. The summed E-state index contributed by atoms with van der Waals surface area (Å²) >= 11 is 5.66. The van der Waals surface area contributed by atoms with Crippen LogP contribution in [0.25, 0.3) is 0 Å². The van der Waals surface area contributed by atoms with Gasteiger partial charge >= 0.3 is 0 Å². The molecule has 1 fully saturated rings. The number of hydrogen-bond acceptors (Lipinski definition) is 4. The standard InChI is InChI=1S/C2H6N2S2/c5-4-3-1-2-6-4/h3,5H,1-2H2. The number of rotatable bonds is 0. The normalized spacial score (nSPS) is 25.5. The molecule has 0 aromatic rings. The lowest BCUT2D eigenvalue weighted by Gasteiger charge is -1.99. The van der Waals surface area contributed by atoms with Crippen LogP contribution in [0.4, 0.5) is 0 Å². The minimum Gasteiger partial charge on any atom is -0.235 e. The van der Waals surface area contributed by atoms with Crippen molar-refractivity contribution in [3.05, 3.63) is 0 Å². The van der Waals surface area contributed by atoms with E-state index in [1.54, 1.807) is 15.8 Å². The zero-order chi connectivity index (χ0) is 4.41. The number of thiol groups is 1. The van der Waals surface area contributed by atoms with E-state index in [1.165, 1.54) is 0 Å². The van der Waals surface area contributed by atoms with Crippen LogP contribution in [0.1, 0.15) is 0 Å². The Morgan fingerprint density at radius 1 is 1.83 bits per heavy atom.